The summed E-state index contributed by atoms with van der Waals surface area (Å²) in [6.07, 6.45) is 2.31. The van der Waals surface area contributed by atoms with E-state index in [1.54, 1.807) is 31.2 Å². The largest absolute Gasteiger partial charge is 0.454 e. The highest BCUT2D eigenvalue weighted by molar-refractivity contribution is 5.90. The summed E-state index contributed by atoms with van der Waals surface area (Å²) in [4.78, 5) is 34.2. The van der Waals surface area contributed by atoms with Crippen molar-refractivity contribution in [3.8, 4) is 11.5 Å². The number of nitro benzene ring substituents is 1. The lowest BCUT2D eigenvalue weighted by atomic mass is 10.1. The molecular formula is C20H18N2O7. The molecule has 1 amide bonds. The van der Waals surface area contributed by atoms with Crippen molar-refractivity contribution in [2.75, 3.05) is 13.4 Å². The summed E-state index contributed by atoms with van der Waals surface area (Å²) in [7, 11) is 0. The first-order valence-corrected chi connectivity index (χ1v) is 8.71. The first-order chi connectivity index (χ1) is 13.9. The van der Waals surface area contributed by atoms with Crippen LogP contribution in [0, 0.1) is 10.1 Å². The van der Waals surface area contributed by atoms with Crippen LogP contribution in [-0.4, -0.2) is 30.2 Å². The van der Waals surface area contributed by atoms with E-state index in [1.807, 2.05) is 0 Å². The second-order valence-electron chi connectivity index (χ2n) is 6.16. The number of benzene rings is 2. The van der Waals surface area contributed by atoms with Gasteiger partial charge < -0.3 is 19.5 Å². The van der Waals surface area contributed by atoms with Crippen molar-refractivity contribution in [2.45, 2.75) is 13.0 Å². The fraction of sp³-hybridized carbons (Fsp3) is 0.200. The highest BCUT2D eigenvalue weighted by Gasteiger charge is 2.17. The molecule has 1 N–H and O–H groups in total. The fourth-order valence-corrected chi connectivity index (χ4v) is 2.69. The van der Waals surface area contributed by atoms with E-state index in [9.17, 15) is 19.7 Å². The van der Waals surface area contributed by atoms with Gasteiger partial charge in [-0.1, -0.05) is 18.2 Å². The molecule has 2 aromatic rings. The molecule has 0 spiro atoms. The molecule has 9 heteroatoms. The molecule has 1 aliphatic heterocycles. The van der Waals surface area contributed by atoms with Crippen molar-refractivity contribution >= 4 is 23.6 Å². The molecule has 2 aromatic carbocycles. The molecular weight excluding hydrogens is 380 g/mol. The van der Waals surface area contributed by atoms with Gasteiger partial charge in [0.05, 0.1) is 16.5 Å². The molecule has 150 valence electrons. The maximum atomic E-state index is 12.0. The zero-order chi connectivity index (χ0) is 20.8. The molecule has 0 saturated heterocycles. The summed E-state index contributed by atoms with van der Waals surface area (Å²) in [5.41, 5.74) is 0.937. The number of fused-ring (bicyclic) bond motifs is 1. The first-order valence-electron chi connectivity index (χ1n) is 8.71. The van der Waals surface area contributed by atoms with Crippen LogP contribution < -0.4 is 14.8 Å². The Bertz CT molecular complexity index is 971. The van der Waals surface area contributed by atoms with E-state index in [0.29, 0.717) is 11.5 Å². The lowest BCUT2D eigenvalue weighted by molar-refractivity contribution is -0.385. The van der Waals surface area contributed by atoms with E-state index in [0.717, 1.165) is 11.6 Å². The number of para-hydroxylation sites is 1. The van der Waals surface area contributed by atoms with E-state index < -0.39 is 23.4 Å². The number of nitro groups is 1. The lowest BCUT2D eigenvalue weighted by Crippen LogP contribution is -2.30. The van der Waals surface area contributed by atoms with Crippen molar-refractivity contribution in [1.29, 1.82) is 0 Å². The van der Waals surface area contributed by atoms with Gasteiger partial charge in [0.15, 0.2) is 18.1 Å². The average Bonchev–Trinajstić information content (AvgIpc) is 3.18. The highest BCUT2D eigenvalue weighted by atomic mass is 16.7. The van der Waals surface area contributed by atoms with Gasteiger partial charge in [-0.3, -0.25) is 14.9 Å². The molecule has 0 unspecified atom stereocenters. The summed E-state index contributed by atoms with van der Waals surface area (Å²) in [6.45, 7) is 1.47. The lowest BCUT2D eigenvalue weighted by Gasteiger charge is -2.14. The minimum atomic E-state index is -0.783. The van der Waals surface area contributed by atoms with Crippen LogP contribution in [0.3, 0.4) is 0 Å². The van der Waals surface area contributed by atoms with Crippen LogP contribution in [0.25, 0.3) is 6.08 Å². The monoisotopic (exact) mass is 398 g/mol. The van der Waals surface area contributed by atoms with Crippen molar-refractivity contribution in [2.24, 2.45) is 0 Å². The zero-order valence-corrected chi connectivity index (χ0v) is 15.5. The number of nitrogens with zero attached hydrogens (tertiary/aromatic N) is 1. The number of hydrogen-bond donors (Lipinski definition) is 1. The number of amides is 1. The van der Waals surface area contributed by atoms with Gasteiger partial charge in [0, 0.05) is 12.1 Å². The van der Waals surface area contributed by atoms with Gasteiger partial charge in [0.25, 0.3) is 11.6 Å². The van der Waals surface area contributed by atoms with Gasteiger partial charge in [0.1, 0.15) is 0 Å². The van der Waals surface area contributed by atoms with Crippen LogP contribution in [0.5, 0.6) is 11.5 Å². The van der Waals surface area contributed by atoms with Crippen LogP contribution in [0.2, 0.25) is 0 Å². The van der Waals surface area contributed by atoms with Crippen molar-refractivity contribution < 1.29 is 28.7 Å². The number of hydrogen-bond acceptors (Lipinski definition) is 7. The quantitative estimate of drug-likeness (QED) is 0.330. The summed E-state index contributed by atoms with van der Waals surface area (Å²) < 4.78 is 15.4. The number of carbonyl (C=O) groups is 2. The topological polar surface area (TPSA) is 117 Å². The fourth-order valence-electron chi connectivity index (χ4n) is 2.69. The van der Waals surface area contributed by atoms with Crippen LogP contribution >= 0.6 is 0 Å². The van der Waals surface area contributed by atoms with Gasteiger partial charge in [-0.2, -0.15) is 0 Å². The van der Waals surface area contributed by atoms with E-state index >= 15 is 0 Å². The summed E-state index contributed by atoms with van der Waals surface area (Å²) in [5.74, 6) is -0.0153. The Morgan fingerprint density at radius 2 is 2.00 bits per heavy atom. The number of rotatable bonds is 7. The number of carbonyl (C=O) groups excluding carboxylic acids is 2. The summed E-state index contributed by atoms with van der Waals surface area (Å²) >= 11 is 0. The molecule has 1 aliphatic rings. The van der Waals surface area contributed by atoms with E-state index in [1.165, 1.54) is 24.3 Å². The molecule has 0 radical (unpaired) electrons. The van der Waals surface area contributed by atoms with E-state index in [-0.39, 0.29) is 24.1 Å². The standard InChI is InChI=1S/C20H18N2O7/c1-13(15-6-8-17-18(10-15)29-12-28-17)21-19(23)11-27-20(24)9-7-14-4-2-3-5-16(14)22(25)26/h2-10,13H,11-12H2,1H3,(H,21,23)/b9-7+/t13-/m0/s1. The normalized spacial score (nSPS) is 13.1. The van der Waals surface area contributed by atoms with Crippen molar-refractivity contribution in [1.82, 2.24) is 5.32 Å². The maximum Gasteiger partial charge on any atom is 0.331 e. The van der Waals surface area contributed by atoms with Gasteiger partial charge in [-0.05, 0) is 36.8 Å². The minimum Gasteiger partial charge on any atom is -0.454 e. The average molecular weight is 398 g/mol. The molecule has 0 saturated carbocycles. The Balaban J connectivity index is 1.50. The Labute approximate surface area is 166 Å². The third-order valence-corrected chi connectivity index (χ3v) is 4.15. The third-order valence-electron chi connectivity index (χ3n) is 4.15. The molecule has 0 bridgehead atoms. The Morgan fingerprint density at radius 1 is 1.24 bits per heavy atom. The number of nitrogens with one attached hydrogen (secondary N) is 1. The van der Waals surface area contributed by atoms with E-state index in [4.69, 9.17) is 14.2 Å². The zero-order valence-electron chi connectivity index (χ0n) is 15.5. The molecule has 29 heavy (non-hydrogen) atoms. The van der Waals surface area contributed by atoms with Gasteiger partial charge in [-0.15, -0.1) is 0 Å². The number of esters is 1. The SMILES string of the molecule is C[C@H](NC(=O)COC(=O)/C=C/c1ccccc1[N+](=O)[O-])c1ccc2c(c1)OCO2. The summed E-state index contributed by atoms with van der Waals surface area (Å²) in [6, 6.07) is 11.0. The maximum absolute atomic E-state index is 12.0. The van der Waals surface area contributed by atoms with Crippen LogP contribution in [0.1, 0.15) is 24.1 Å². The van der Waals surface area contributed by atoms with Crippen LogP contribution in [0.4, 0.5) is 5.69 Å². The third kappa shape index (κ3) is 5.10. The molecule has 1 atom stereocenters. The summed E-state index contributed by atoms with van der Waals surface area (Å²) in [5, 5.41) is 13.7. The Kier molecular flexibility index (Phi) is 6.08. The molecule has 0 fully saturated rings. The van der Waals surface area contributed by atoms with E-state index in [2.05, 4.69) is 5.32 Å². The first kappa shape index (κ1) is 19.9. The Morgan fingerprint density at radius 3 is 2.79 bits per heavy atom. The smallest absolute Gasteiger partial charge is 0.331 e. The van der Waals surface area contributed by atoms with Crippen LogP contribution in [0.15, 0.2) is 48.5 Å². The van der Waals surface area contributed by atoms with Gasteiger partial charge in [0.2, 0.25) is 6.79 Å². The molecule has 0 aliphatic carbocycles. The minimum absolute atomic E-state index is 0.133. The highest BCUT2D eigenvalue weighted by Crippen LogP contribution is 2.34. The molecule has 3 rings (SSSR count). The molecule has 1 heterocycles. The Hall–Kier alpha value is -3.88. The van der Waals surface area contributed by atoms with Gasteiger partial charge >= 0.3 is 5.97 Å². The van der Waals surface area contributed by atoms with Crippen molar-refractivity contribution in [3.63, 3.8) is 0 Å². The van der Waals surface area contributed by atoms with Gasteiger partial charge in [-0.25, -0.2) is 4.79 Å². The predicted octanol–water partition coefficient (Wildman–Crippen LogP) is 2.76. The molecule has 0 aromatic heterocycles. The number of ether oxygens (including phenoxy) is 3. The van der Waals surface area contributed by atoms with Crippen molar-refractivity contribution in [3.05, 3.63) is 69.8 Å². The van der Waals surface area contributed by atoms with Crippen LogP contribution in [-0.2, 0) is 14.3 Å². The second-order valence-corrected chi connectivity index (χ2v) is 6.16. The second kappa shape index (κ2) is 8.87. The molecule has 9 nitrogen and oxygen atoms in total. The predicted molar refractivity (Wildman–Crippen MR) is 102 cm³/mol.